The third-order valence-electron chi connectivity index (χ3n) is 5.09. The molecule has 0 atom stereocenters. The van der Waals surface area contributed by atoms with Crippen LogP contribution in [0.1, 0.15) is 101 Å². The molecule has 0 saturated carbocycles. The molecule has 2 aromatic rings. The third kappa shape index (κ3) is 6.22. The summed E-state index contributed by atoms with van der Waals surface area (Å²) in [5.41, 5.74) is 2.99. The highest BCUT2D eigenvalue weighted by molar-refractivity contribution is 5.90. The van der Waals surface area contributed by atoms with E-state index >= 15 is 0 Å². The molecule has 0 spiro atoms. The maximum Gasteiger partial charge on any atom is 0.248 e. The number of hydrogen-bond acceptors (Lipinski definition) is 3. The number of carbonyl (C=O) groups excluding carboxylic acids is 1. The predicted octanol–water partition coefficient (Wildman–Crippen LogP) is 6.34. The quantitative estimate of drug-likeness (QED) is 0.393. The van der Waals surface area contributed by atoms with E-state index in [1.807, 2.05) is 12.1 Å². The first-order valence-corrected chi connectivity index (χ1v) is 10.6. The van der Waals surface area contributed by atoms with Gasteiger partial charge in [-0.05, 0) is 30.9 Å². The first-order valence-electron chi connectivity index (χ1n) is 10.6. The summed E-state index contributed by atoms with van der Waals surface area (Å²) in [6.07, 6.45) is 15.1. The van der Waals surface area contributed by atoms with Crippen LogP contribution in [0, 0.1) is 0 Å². The van der Waals surface area contributed by atoms with Gasteiger partial charge in [0, 0.05) is 6.42 Å². The Morgan fingerprint density at radius 3 is 2.27 bits per heavy atom. The first kappa shape index (κ1) is 20.6. The Hall–Kier alpha value is -1.71. The van der Waals surface area contributed by atoms with Crippen molar-refractivity contribution in [3.63, 3.8) is 0 Å². The lowest BCUT2D eigenvalue weighted by Gasteiger charge is -2.04. The van der Waals surface area contributed by atoms with Gasteiger partial charge in [0.2, 0.25) is 5.91 Å². The lowest BCUT2D eigenvalue weighted by Crippen LogP contribution is -2.12. The second-order valence-electron chi connectivity index (χ2n) is 7.36. The van der Waals surface area contributed by atoms with E-state index in [-0.39, 0.29) is 5.91 Å². The van der Waals surface area contributed by atoms with Crippen molar-refractivity contribution in [1.29, 1.82) is 0 Å². The fourth-order valence-corrected chi connectivity index (χ4v) is 3.47. The van der Waals surface area contributed by atoms with E-state index in [9.17, 15) is 4.79 Å². The molecule has 2 rings (SSSR count). The van der Waals surface area contributed by atoms with Crippen molar-refractivity contribution in [2.24, 2.45) is 0 Å². The Morgan fingerprint density at radius 2 is 1.54 bits per heavy atom. The van der Waals surface area contributed by atoms with Crippen LogP contribution in [0.4, 0.5) is 0 Å². The van der Waals surface area contributed by atoms with Crippen LogP contribution < -0.4 is 0 Å². The van der Waals surface area contributed by atoms with Crippen molar-refractivity contribution in [2.75, 3.05) is 0 Å². The number of benzene rings is 1. The summed E-state index contributed by atoms with van der Waals surface area (Å²) in [6, 6.07) is 6.13. The molecule has 144 valence electrons. The Balaban J connectivity index is 1.89. The molecule has 0 radical (unpaired) electrons. The monoisotopic (exact) mass is 357 g/mol. The van der Waals surface area contributed by atoms with Crippen molar-refractivity contribution in [2.45, 2.75) is 97.3 Å². The molecule has 26 heavy (non-hydrogen) atoms. The number of hydrogen-bond donors (Lipinski definition) is 0. The van der Waals surface area contributed by atoms with E-state index in [4.69, 9.17) is 0 Å². The minimum atomic E-state index is 0.0701. The topological polar surface area (TPSA) is 47.8 Å². The largest absolute Gasteiger partial charge is 0.273 e. The molecule has 0 saturated heterocycles. The normalized spacial score (nSPS) is 11.3. The molecule has 1 heterocycles. The van der Waals surface area contributed by atoms with Gasteiger partial charge in [-0.3, -0.25) is 4.79 Å². The molecule has 0 aliphatic rings. The minimum absolute atomic E-state index is 0.0701. The highest BCUT2D eigenvalue weighted by atomic mass is 16.2. The zero-order valence-corrected chi connectivity index (χ0v) is 16.7. The van der Waals surface area contributed by atoms with Crippen molar-refractivity contribution in [3.05, 3.63) is 23.8 Å². The molecule has 1 aromatic heterocycles. The van der Waals surface area contributed by atoms with E-state index in [1.54, 1.807) is 0 Å². The van der Waals surface area contributed by atoms with Crippen molar-refractivity contribution < 1.29 is 4.79 Å². The van der Waals surface area contributed by atoms with Gasteiger partial charge >= 0.3 is 0 Å². The van der Waals surface area contributed by atoms with Gasteiger partial charge in [-0.1, -0.05) is 89.0 Å². The molecule has 0 aliphatic carbocycles. The van der Waals surface area contributed by atoms with Crippen LogP contribution in [0.3, 0.4) is 0 Å². The molecule has 1 aromatic carbocycles. The van der Waals surface area contributed by atoms with Crippen molar-refractivity contribution in [1.82, 2.24) is 15.0 Å². The van der Waals surface area contributed by atoms with Crippen LogP contribution in [0.25, 0.3) is 11.0 Å². The van der Waals surface area contributed by atoms with Crippen LogP contribution in [-0.2, 0) is 6.42 Å². The number of carbonyl (C=O) groups is 1. The third-order valence-corrected chi connectivity index (χ3v) is 5.09. The summed E-state index contributed by atoms with van der Waals surface area (Å²) in [5.74, 6) is 0.0701. The molecule has 4 heteroatoms. The number of aromatic nitrogens is 3. The fraction of sp³-hybridized carbons (Fsp3) is 0.682. The maximum absolute atomic E-state index is 12.5. The second-order valence-corrected chi connectivity index (χ2v) is 7.36. The van der Waals surface area contributed by atoms with Crippen molar-refractivity contribution >= 4 is 16.9 Å². The zero-order chi connectivity index (χ0) is 18.6. The minimum Gasteiger partial charge on any atom is -0.273 e. The smallest absolute Gasteiger partial charge is 0.248 e. The summed E-state index contributed by atoms with van der Waals surface area (Å²) in [4.78, 5) is 12.5. The average Bonchev–Trinajstić information content (AvgIpc) is 3.09. The Morgan fingerprint density at radius 1 is 0.885 bits per heavy atom. The molecular formula is C22H35N3O. The fourth-order valence-electron chi connectivity index (χ4n) is 3.47. The summed E-state index contributed by atoms with van der Waals surface area (Å²) in [7, 11) is 0. The van der Waals surface area contributed by atoms with Gasteiger partial charge in [-0.2, -0.15) is 4.68 Å². The van der Waals surface area contributed by atoms with E-state index in [0.29, 0.717) is 6.42 Å². The number of rotatable bonds is 13. The number of nitrogens with zero attached hydrogens (tertiary/aromatic N) is 3. The Labute approximate surface area is 158 Å². The molecule has 0 N–H and O–H groups in total. The van der Waals surface area contributed by atoms with Gasteiger partial charge in [-0.15, -0.1) is 5.10 Å². The van der Waals surface area contributed by atoms with Gasteiger partial charge in [0.05, 0.1) is 5.52 Å². The van der Waals surface area contributed by atoms with Crippen LogP contribution in [0.2, 0.25) is 0 Å². The highest BCUT2D eigenvalue weighted by Crippen LogP contribution is 2.19. The number of fused-ring (bicyclic) bond motifs is 1. The molecule has 0 bridgehead atoms. The van der Waals surface area contributed by atoms with E-state index in [0.717, 1.165) is 30.3 Å². The lowest BCUT2D eigenvalue weighted by atomic mass is 10.0. The maximum atomic E-state index is 12.5. The zero-order valence-electron chi connectivity index (χ0n) is 16.7. The van der Waals surface area contributed by atoms with E-state index in [1.165, 1.54) is 68.0 Å². The molecule has 0 aliphatic heterocycles. The Bertz CT molecular complexity index is 662. The SMILES string of the molecule is CCCCCCCCc1cccc2c1nnn2C(=O)CCCCCCC. The van der Waals surface area contributed by atoms with Crippen LogP contribution in [0.5, 0.6) is 0 Å². The first-order chi connectivity index (χ1) is 12.8. The van der Waals surface area contributed by atoms with Gasteiger partial charge in [-0.25, -0.2) is 0 Å². The summed E-state index contributed by atoms with van der Waals surface area (Å²) >= 11 is 0. The molecule has 0 fully saturated rings. The van der Waals surface area contributed by atoms with E-state index < -0.39 is 0 Å². The average molecular weight is 358 g/mol. The summed E-state index contributed by atoms with van der Waals surface area (Å²) in [6.45, 7) is 4.45. The highest BCUT2D eigenvalue weighted by Gasteiger charge is 2.13. The standard InChI is InChI=1S/C22H35N3O/c1-3-5-7-9-11-12-15-19-16-14-17-20-22(19)23-24-25(20)21(26)18-13-10-8-6-4-2/h14,16-17H,3-13,15,18H2,1-2H3. The lowest BCUT2D eigenvalue weighted by molar-refractivity contribution is 0.0886. The molecule has 0 unspecified atom stereocenters. The van der Waals surface area contributed by atoms with Gasteiger partial charge in [0.25, 0.3) is 0 Å². The molecular weight excluding hydrogens is 322 g/mol. The van der Waals surface area contributed by atoms with Crippen molar-refractivity contribution in [3.8, 4) is 0 Å². The number of aryl methyl sites for hydroxylation is 1. The summed E-state index contributed by atoms with van der Waals surface area (Å²) in [5, 5.41) is 8.47. The Kier molecular flexibility index (Phi) is 9.36. The van der Waals surface area contributed by atoms with Crippen LogP contribution >= 0.6 is 0 Å². The summed E-state index contributed by atoms with van der Waals surface area (Å²) < 4.78 is 1.51. The number of unbranched alkanes of at least 4 members (excludes halogenated alkanes) is 9. The van der Waals surface area contributed by atoms with Gasteiger partial charge in [0.1, 0.15) is 5.52 Å². The van der Waals surface area contributed by atoms with Crippen LogP contribution in [-0.4, -0.2) is 20.9 Å². The predicted molar refractivity (Wildman–Crippen MR) is 109 cm³/mol. The molecule has 0 amide bonds. The molecule has 4 nitrogen and oxygen atoms in total. The van der Waals surface area contributed by atoms with Crippen LogP contribution in [0.15, 0.2) is 18.2 Å². The van der Waals surface area contributed by atoms with Gasteiger partial charge < -0.3 is 0 Å². The second kappa shape index (κ2) is 11.8. The van der Waals surface area contributed by atoms with Gasteiger partial charge in [0.15, 0.2) is 0 Å². The van der Waals surface area contributed by atoms with E-state index in [2.05, 4.69) is 30.2 Å².